The summed E-state index contributed by atoms with van der Waals surface area (Å²) in [5.74, 6) is -0.952. The molecule has 0 aliphatic heterocycles. The zero-order valence-electron chi connectivity index (χ0n) is 10.6. The van der Waals surface area contributed by atoms with Gasteiger partial charge in [0.05, 0.1) is 11.4 Å². The van der Waals surface area contributed by atoms with E-state index in [0.29, 0.717) is 11.3 Å². The van der Waals surface area contributed by atoms with E-state index in [-0.39, 0.29) is 18.1 Å². The van der Waals surface area contributed by atoms with Gasteiger partial charge in [0.15, 0.2) is 0 Å². The van der Waals surface area contributed by atoms with Crippen LogP contribution in [-0.2, 0) is 22.6 Å². The maximum Gasteiger partial charge on any atom is 0.310 e. The van der Waals surface area contributed by atoms with Crippen LogP contribution in [0.5, 0.6) is 0 Å². The molecule has 3 nitrogen and oxygen atoms in total. The van der Waals surface area contributed by atoms with Crippen LogP contribution in [0.15, 0.2) is 42.5 Å². The first-order valence-corrected chi connectivity index (χ1v) is 6.37. The number of hydrogen-bond acceptors (Lipinski definition) is 3. The molecule has 0 aromatic heterocycles. The summed E-state index contributed by atoms with van der Waals surface area (Å²) in [4.78, 5) is 11.7. The Morgan fingerprint density at radius 2 is 2.00 bits per heavy atom. The van der Waals surface area contributed by atoms with Gasteiger partial charge in [-0.25, -0.2) is 4.39 Å². The number of ether oxygens (including phenoxy) is 1. The van der Waals surface area contributed by atoms with Gasteiger partial charge < -0.3 is 10.5 Å². The van der Waals surface area contributed by atoms with Gasteiger partial charge in [-0.05, 0) is 23.8 Å². The van der Waals surface area contributed by atoms with Gasteiger partial charge in [0.2, 0.25) is 0 Å². The predicted octanol–water partition coefficient (Wildman–Crippen LogP) is 3.35. The maximum absolute atomic E-state index is 13.2. The summed E-state index contributed by atoms with van der Waals surface area (Å²) in [5.41, 5.74) is 7.41. The molecule has 0 radical (unpaired) electrons. The van der Waals surface area contributed by atoms with Crippen molar-refractivity contribution in [2.75, 3.05) is 5.73 Å². The number of benzene rings is 2. The van der Waals surface area contributed by atoms with E-state index in [1.807, 2.05) is 0 Å². The summed E-state index contributed by atoms with van der Waals surface area (Å²) in [6.45, 7) is -0.0578. The van der Waals surface area contributed by atoms with Crippen molar-refractivity contribution in [3.05, 3.63) is 64.4 Å². The molecular weight excluding hydrogens is 281 g/mol. The monoisotopic (exact) mass is 293 g/mol. The molecular formula is C15H13ClFNO2. The van der Waals surface area contributed by atoms with Crippen molar-refractivity contribution >= 4 is 23.3 Å². The highest BCUT2D eigenvalue weighted by molar-refractivity contribution is 6.31. The fourth-order valence-electron chi connectivity index (χ4n) is 1.74. The smallest absolute Gasteiger partial charge is 0.310 e. The molecule has 0 saturated heterocycles. The van der Waals surface area contributed by atoms with Crippen LogP contribution in [0.3, 0.4) is 0 Å². The zero-order valence-corrected chi connectivity index (χ0v) is 11.4. The molecule has 20 heavy (non-hydrogen) atoms. The van der Waals surface area contributed by atoms with Gasteiger partial charge >= 0.3 is 5.97 Å². The Morgan fingerprint density at radius 1 is 1.25 bits per heavy atom. The third kappa shape index (κ3) is 3.71. The van der Waals surface area contributed by atoms with Crippen LogP contribution in [0, 0.1) is 5.82 Å². The Balaban J connectivity index is 1.94. The first-order chi connectivity index (χ1) is 9.56. The number of carbonyl (C=O) groups is 1. The zero-order chi connectivity index (χ0) is 14.5. The van der Waals surface area contributed by atoms with E-state index in [2.05, 4.69) is 0 Å². The molecule has 104 valence electrons. The molecule has 5 heteroatoms. The molecule has 2 N–H and O–H groups in total. The van der Waals surface area contributed by atoms with Crippen LogP contribution in [0.1, 0.15) is 11.1 Å². The number of nitrogen functional groups attached to an aromatic ring is 1. The van der Waals surface area contributed by atoms with E-state index in [9.17, 15) is 9.18 Å². The average molecular weight is 294 g/mol. The quantitative estimate of drug-likeness (QED) is 0.695. The molecule has 0 atom stereocenters. The second kappa shape index (κ2) is 6.39. The molecule has 0 aliphatic carbocycles. The number of carbonyl (C=O) groups excluding carboxylic acids is 1. The fraction of sp³-hybridized carbons (Fsp3) is 0.133. The standard InChI is InChI=1S/C15H13ClFNO2/c16-15-11(4-2-6-13(15)17)9-20-14(19)8-10-3-1-5-12(18)7-10/h1-7H,8-9,18H2. The van der Waals surface area contributed by atoms with Gasteiger partial charge in [0.25, 0.3) is 0 Å². The van der Waals surface area contributed by atoms with E-state index in [1.165, 1.54) is 12.1 Å². The average Bonchev–Trinajstić information content (AvgIpc) is 2.40. The van der Waals surface area contributed by atoms with Gasteiger partial charge in [-0.15, -0.1) is 0 Å². The molecule has 0 unspecified atom stereocenters. The van der Waals surface area contributed by atoms with Crippen molar-refractivity contribution in [3.63, 3.8) is 0 Å². The van der Waals surface area contributed by atoms with Crippen LogP contribution in [0.2, 0.25) is 5.02 Å². The Bertz CT molecular complexity index is 631. The number of nitrogens with two attached hydrogens (primary N) is 1. The molecule has 0 spiro atoms. The van der Waals surface area contributed by atoms with Crippen LogP contribution >= 0.6 is 11.6 Å². The van der Waals surface area contributed by atoms with Gasteiger partial charge in [0.1, 0.15) is 12.4 Å². The summed E-state index contributed by atoms with van der Waals surface area (Å²) < 4.78 is 18.3. The van der Waals surface area contributed by atoms with Crippen LogP contribution in [-0.4, -0.2) is 5.97 Å². The van der Waals surface area contributed by atoms with Crippen molar-refractivity contribution in [1.82, 2.24) is 0 Å². The van der Waals surface area contributed by atoms with Gasteiger partial charge in [-0.1, -0.05) is 35.9 Å². The number of halogens is 2. The Kier molecular flexibility index (Phi) is 4.58. The molecule has 0 saturated carbocycles. The highest BCUT2D eigenvalue weighted by Crippen LogP contribution is 2.20. The number of hydrogen-bond donors (Lipinski definition) is 1. The lowest BCUT2D eigenvalue weighted by molar-refractivity contribution is -0.144. The summed E-state index contributed by atoms with van der Waals surface area (Å²) in [5, 5.41) is -0.0238. The van der Waals surface area contributed by atoms with E-state index in [1.54, 1.807) is 30.3 Å². The fourth-order valence-corrected chi connectivity index (χ4v) is 1.92. The van der Waals surface area contributed by atoms with Crippen LogP contribution in [0.25, 0.3) is 0 Å². The third-order valence-corrected chi connectivity index (χ3v) is 3.14. The summed E-state index contributed by atoms with van der Waals surface area (Å²) >= 11 is 5.77. The SMILES string of the molecule is Nc1cccc(CC(=O)OCc2cccc(F)c2Cl)c1. The lowest BCUT2D eigenvalue weighted by Crippen LogP contribution is -2.08. The lowest BCUT2D eigenvalue weighted by Gasteiger charge is -2.07. The molecule has 0 bridgehead atoms. The second-order valence-corrected chi connectivity index (χ2v) is 4.67. The van der Waals surface area contributed by atoms with E-state index >= 15 is 0 Å². The minimum Gasteiger partial charge on any atom is -0.460 e. The first kappa shape index (κ1) is 14.3. The number of rotatable bonds is 4. The van der Waals surface area contributed by atoms with Crippen molar-refractivity contribution < 1.29 is 13.9 Å². The third-order valence-electron chi connectivity index (χ3n) is 2.72. The summed E-state index contributed by atoms with van der Waals surface area (Å²) in [7, 11) is 0. The Labute approximate surface area is 121 Å². The van der Waals surface area contributed by atoms with Crippen molar-refractivity contribution in [1.29, 1.82) is 0 Å². The predicted molar refractivity (Wildman–Crippen MR) is 75.8 cm³/mol. The van der Waals surface area contributed by atoms with Crippen molar-refractivity contribution in [3.8, 4) is 0 Å². The highest BCUT2D eigenvalue weighted by Gasteiger charge is 2.09. The van der Waals surface area contributed by atoms with Crippen LogP contribution in [0.4, 0.5) is 10.1 Å². The maximum atomic E-state index is 13.2. The van der Waals surface area contributed by atoms with E-state index < -0.39 is 11.8 Å². The second-order valence-electron chi connectivity index (χ2n) is 4.30. The molecule has 0 heterocycles. The largest absolute Gasteiger partial charge is 0.460 e. The summed E-state index contributed by atoms with van der Waals surface area (Å²) in [6.07, 6.45) is 0.109. The van der Waals surface area contributed by atoms with Gasteiger partial charge in [0, 0.05) is 11.3 Å². The van der Waals surface area contributed by atoms with Crippen LogP contribution < -0.4 is 5.73 Å². The molecule has 0 aliphatic rings. The first-order valence-electron chi connectivity index (χ1n) is 5.99. The topological polar surface area (TPSA) is 52.3 Å². The number of anilines is 1. The van der Waals surface area contributed by atoms with E-state index in [4.69, 9.17) is 22.1 Å². The lowest BCUT2D eigenvalue weighted by atomic mass is 10.1. The molecule has 0 amide bonds. The van der Waals surface area contributed by atoms with E-state index in [0.717, 1.165) is 5.56 Å². The number of esters is 1. The molecule has 2 aromatic carbocycles. The Morgan fingerprint density at radius 3 is 2.75 bits per heavy atom. The normalized spacial score (nSPS) is 10.3. The van der Waals surface area contributed by atoms with Gasteiger partial charge in [-0.3, -0.25) is 4.79 Å². The van der Waals surface area contributed by atoms with Crippen molar-refractivity contribution in [2.24, 2.45) is 0 Å². The molecule has 0 fully saturated rings. The van der Waals surface area contributed by atoms with Gasteiger partial charge in [-0.2, -0.15) is 0 Å². The Hall–Kier alpha value is -2.07. The van der Waals surface area contributed by atoms with Crippen molar-refractivity contribution in [2.45, 2.75) is 13.0 Å². The summed E-state index contributed by atoms with van der Waals surface area (Å²) in [6, 6.07) is 11.4. The molecule has 2 aromatic rings. The minimum absolute atomic E-state index is 0.0238. The highest BCUT2D eigenvalue weighted by atomic mass is 35.5. The molecule has 2 rings (SSSR count). The minimum atomic E-state index is -0.531.